The van der Waals surface area contributed by atoms with Crippen LogP contribution in [0.25, 0.3) is 0 Å². The summed E-state index contributed by atoms with van der Waals surface area (Å²) in [5.74, 6) is -2.77. The summed E-state index contributed by atoms with van der Waals surface area (Å²) in [4.78, 5) is 21.3. The summed E-state index contributed by atoms with van der Waals surface area (Å²) >= 11 is 0. The number of benzene rings is 1. The van der Waals surface area contributed by atoms with Crippen molar-refractivity contribution in [3.63, 3.8) is 0 Å². The average Bonchev–Trinajstić information content (AvgIpc) is 2.72. The number of likely N-dealkylation sites (N-methyl/N-ethyl adjacent to an activating group) is 1. The molecule has 5 N–H and O–H groups in total. The first-order valence-electron chi connectivity index (χ1n) is 11.3. The van der Waals surface area contributed by atoms with Gasteiger partial charge in [0.15, 0.2) is 12.2 Å². The Kier molecular flexibility index (Phi) is 5.06. The summed E-state index contributed by atoms with van der Waals surface area (Å²) in [6, 6.07) is 5.83. The van der Waals surface area contributed by atoms with E-state index in [4.69, 9.17) is 24.5 Å². The van der Waals surface area contributed by atoms with Crippen LogP contribution in [0.5, 0.6) is 5.75 Å². The third kappa shape index (κ3) is 3.97. The van der Waals surface area contributed by atoms with Crippen molar-refractivity contribution in [1.29, 1.82) is 0 Å². The summed E-state index contributed by atoms with van der Waals surface area (Å²) in [5, 5.41) is 42.5. The molecule has 1 aliphatic heterocycles. The van der Waals surface area contributed by atoms with E-state index in [-0.39, 0.29) is 11.5 Å². The van der Waals surface area contributed by atoms with Crippen LogP contribution in [0.15, 0.2) is 18.2 Å². The number of phenolic OH excluding ortho intramolecular Hbond substituents is 1. The van der Waals surface area contributed by atoms with Gasteiger partial charge in [-0.15, -0.1) is 0 Å². The molecule has 2 fully saturated rings. The summed E-state index contributed by atoms with van der Waals surface area (Å²) < 4.78 is 23.7. The van der Waals surface area contributed by atoms with E-state index in [0.29, 0.717) is 18.2 Å². The topological polar surface area (TPSA) is 139 Å². The van der Waals surface area contributed by atoms with Gasteiger partial charge >= 0.3 is 11.9 Å². The standard InChI is InChI=1S/C17H23NO.C4H6O6/c1-18-9-8-17-7-3-2-4-14(17)16(18)10-12-5-6-13(19)11-15(12)17;5-1(3(7)8)2(6)4(9)10/h5-6,11,14,16,19H,2-4,7-10H2,1H3;1-2,5-6H,(H,7,8)(H,9,10)/t14-,16+,17+;/m0./s1/i1D3;. The molecule has 4 rings (SSSR count). The zero-order valence-corrected chi connectivity index (χ0v) is 16.0. The Hall–Kier alpha value is -2.16. The highest BCUT2D eigenvalue weighted by atomic mass is 16.4. The second-order valence-corrected chi connectivity index (χ2v) is 8.13. The number of hydrogen-bond acceptors (Lipinski definition) is 6. The fourth-order valence-electron chi connectivity index (χ4n) is 5.26. The average molecular weight is 410 g/mol. The maximum atomic E-state index is 9.95. The molecule has 160 valence electrons. The van der Waals surface area contributed by atoms with Crippen molar-refractivity contribution in [2.45, 2.75) is 62.2 Å². The van der Waals surface area contributed by atoms with E-state index in [1.807, 2.05) is 12.1 Å². The van der Waals surface area contributed by atoms with Crippen LogP contribution >= 0.6 is 0 Å². The number of hydrogen-bond donors (Lipinski definition) is 5. The van der Waals surface area contributed by atoms with Crippen LogP contribution in [0, 0.1) is 5.92 Å². The summed E-state index contributed by atoms with van der Waals surface area (Å²) in [5.41, 5.74) is 2.64. The zero-order valence-electron chi connectivity index (χ0n) is 19.0. The minimum absolute atomic E-state index is 0.0942. The van der Waals surface area contributed by atoms with Gasteiger partial charge in [0.25, 0.3) is 0 Å². The fraction of sp³-hybridized carbons (Fsp3) is 0.619. The molecule has 0 aromatic heterocycles. The van der Waals surface area contributed by atoms with Gasteiger partial charge in [-0.3, -0.25) is 0 Å². The van der Waals surface area contributed by atoms with Crippen LogP contribution in [0.1, 0.15) is 47.3 Å². The molecule has 8 heteroatoms. The third-order valence-electron chi connectivity index (χ3n) is 6.63. The largest absolute Gasteiger partial charge is 0.508 e. The Balaban J connectivity index is 0.000000247. The van der Waals surface area contributed by atoms with E-state index in [9.17, 15) is 14.7 Å². The van der Waals surface area contributed by atoms with Crippen molar-refractivity contribution in [2.75, 3.05) is 13.5 Å². The van der Waals surface area contributed by atoms with Gasteiger partial charge in [-0.05, 0) is 68.4 Å². The van der Waals surface area contributed by atoms with Gasteiger partial charge in [0, 0.05) is 15.6 Å². The third-order valence-corrected chi connectivity index (χ3v) is 6.63. The minimum atomic E-state index is -2.27. The van der Waals surface area contributed by atoms with Crippen molar-refractivity contribution in [3.8, 4) is 5.75 Å². The van der Waals surface area contributed by atoms with Crippen molar-refractivity contribution in [2.24, 2.45) is 5.92 Å². The monoisotopic (exact) mass is 410 g/mol. The number of rotatable bonds is 3. The minimum Gasteiger partial charge on any atom is -0.508 e. The molecule has 2 bridgehead atoms. The Bertz CT molecular complexity index is 859. The number of phenols is 1. The van der Waals surface area contributed by atoms with Crippen LogP contribution in [-0.2, 0) is 21.4 Å². The number of aliphatic carboxylic acids is 2. The van der Waals surface area contributed by atoms with Crippen LogP contribution in [0.2, 0.25) is 0 Å². The smallest absolute Gasteiger partial charge is 0.335 e. The lowest BCUT2D eigenvalue weighted by Gasteiger charge is -2.58. The Morgan fingerprint density at radius 1 is 1.17 bits per heavy atom. The number of nitrogens with zero attached hydrogens (tertiary/aromatic N) is 1. The lowest BCUT2D eigenvalue weighted by atomic mass is 9.52. The molecular formula is C21H29NO7. The molecule has 1 aromatic rings. The Morgan fingerprint density at radius 3 is 2.48 bits per heavy atom. The van der Waals surface area contributed by atoms with Crippen molar-refractivity contribution in [1.82, 2.24) is 4.90 Å². The van der Waals surface area contributed by atoms with E-state index in [1.54, 1.807) is 11.0 Å². The Morgan fingerprint density at radius 2 is 1.86 bits per heavy atom. The molecule has 1 heterocycles. The molecular weight excluding hydrogens is 378 g/mol. The summed E-state index contributed by atoms with van der Waals surface area (Å²) in [6.45, 7) is -1.35. The van der Waals surface area contributed by atoms with Crippen molar-refractivity contribution >= 4 is 11.9 Å². The van der Waals surface area contributed by atoms with Gasteiger partial charge < -0.3 is 30.4 Å². The van der Waals surface area contributed by atoms with Gasteiger partial charge in [-0.2, -0.15) is 0 Å². The molecule has 2 aliphatic carbocycles. The molecule has 29 heavy (non-hydrogen) atoms. The van der Waals surface area contributed by atoms with Crippen molar-refractivity contribution in [3.05, 3.63) is 29.3 Å². The highest BCUT2D eigenvalue weighted by Gasteiger charge is 2.53. The van der Waals surface area contributed by atoms with E-state index < -0.39 is 31.1 Å². The second-order valence-electron chi connectivity index (χ2n) is 8.13. The molecule has 1 aromatic carbocycles. The Labute approximate surface area is 173 Å². The number of likely N-dealkylation sites (tertiary alicyclic amines) is 1. The highest BCUT2D eigenvalue weighted by molar-refractivity contribution is 5.83. The maximum absolute atomic E-state index is 9.95. The first-order valence-corrected chi connectivity index (χ1v) is 9.79. The highest BCUT2D eigenvalue weighted by Crippen LogP contribution is 2.55. The molecule has 1 saturated carbocycles. The number of aliphatic hydroxyl groups excluding tert-OH is 2. The summed E-state index contributed by atoms with van der Waals surface area (Å²) in [6.07, 6.45) is 1.85. The number of carboxylic acids is 2. The molecule has 8 nitrogen and oxygen atoms in total. The first-order chi connectivity index (χ1) is 14.9. The van der Waals surface area contributed by atoms with E-state index in [0.717, 1.165) is 25.7 Å². The van der Waals surface area contributed by atoms with Gasteiger partial charge in [0.1, 0.15) is 5.75 Å². The van der Waals surface area contributed by atoms with E-state index in [1.165, 1.54) is 24.0 Å². The van der Waals surface area contributed by atoms with Crippen LogP contribution in [0.3, 0.4) is 0 Å². The molecule has 2 unspecified atom stereocenters. The predicted molar refractivity (Wildman–Crippen MR) is 104 cm³/mol. The molecule has 0 radical (unpaired) electrons. The molecule has 1 saturated heterocycles. The quantitative estimate of drug-likeness (QED) is 0.497. The predicted octanol–water partition coefficient (Wildman–Crippen LogP) is 0.958. The number of aromatic hydroxyl groups is 1. The normalized spacial score (nSPS) is 32.0. The van der Waals surface area contributed by atoms with Crippen LogP contribution in [-0.4, -0.2) is 74.1 Å². The number of fused-ring (bicyclic) bond motifs is 1. The maximum Gasteiger partial charge on any atom is 0.335 e. The number of piperidine rings is 1. The molecule has 3 aliphatic rings. The fourth-order valence-corrected chi connectivity index (χ4v) is 5.26. The van der Waals surface area contributed by atoms with Crippen LogP contribution < -0.4 is 0 Å². The van der Waals surface area contributed by atoms with Crippen molar-refractivity contribution < 1.29 is 39.2 Å². The first kappa shape index (κ1) is 17.7. The number of carbonyl (C=O) groups is 2. The molecule has 0 amide bonds. The van der Waals surface area contributed by atoms with Gasteiger partial charge in [-0.1, -0.05) is 18.9 Å². The van der Waals surface area contributed by atoms with Gasteiger partial charge in [-0.25, -0.2) is 9.59 Å². The molecule has 5 atom stereocenters. The summed E-state index contributed by atoms with van der Waals surface area (Å²) in [7, 11) is 0. The molecule has 0 spiro atoms. The van der Waals surface area contributed by atoms with Crippen LogP contribution in [0.4, 0.5) is 0 Å². The second kappa shape index (κ2) is 8.30. The van der Waals surface area contributed by atoms with E-state index >= 15 is 0 Å². The SMILES string of the molecule is O=C(O)C(O)C(O)C(=O)O.[2H]C([2H])([2H])N1CC[C@]23CCCC[C@H]2[C@H]1Cc1ccc(O)cc13. The van der Waals surface area contributed by atoms with E-state index in [2.05, 4.69) is 0 Å². The zero-order chi connectivity index (χ0) is 23.8. The lowest BCUT2D eigenvalue weighted by molar-refractivity contribution is -0.165. The number of aliphatic hydroxyl groups is 2. The van der Waals surface area contributed by atoms with Gasteiger partial charge in [0.05, 0.1) is 0 Å². The van der Waals surface area contributed by atoms with Gasteiger partial charge in [0.2, 0.25) is 0 Å². The number of carboxylic acid groups (broad SMARTS) is 2. The lowest BCUT2D eigenvalue weighted by Crippen LogP contribution is -2.59.